The Hall–Kier alpha value is -2.04. The van der Waals surface area contributed by atoms with Crippen molar-refractivity contribution in [3.8, 4) is 0 Å². The van der Waals surface area contributed by atoms with Gasteiger partial charge < -0.3 is 10.2 Å². The van der Waals surface area contributed by atoms with E-state index in [0.29, 0.717) is 12.1 Å². The number of amides is 1. The predicted molar refractivity (Wildman–Crippen MR) is 119 cm³/mol. The van der Waals surface area contributed by atoms with E-state index in [2.05, 4.69) is 39.7 Å². The number of hydrogen-bond donors (Lipinski definition) is 1. The van der Waals surface area contributed by atoms with Crippen LogP contribution in [0.15, 0.2) is 24.5 Å². The molecule has 0 bridgehead atoms. The summed E-state index contributed by atoms with van der Waals surface area (Å²) in [5, 5.41) is 15.5. The molecule has 29 heavy (non-hydrogen) atoms. The molecule has 3 aromatic heterocycles. The molecule has 0 saturated heterocycles. The van der Waals surface area contributed by atoms with E-state index in [1.807, 2.05) is 58.4 Å². The third-order valence-corrected chi connectivity index (χ3v) is 6.68. The maximum absolute atomic E-state index is 12.6. The van der Waals surface area contributed by atoms with Crippen LogP contribution in [-0.2, 0) is 13.1 Å². The summed E-state index contributed by atoms with van der Waals surface area (Å²) in [6.45, 7) is 6.21. The molecule has 3 rings (SSSR count). The molecular weight excluding hydrogens is 406 g/mol. The second-order valence-electron chi connectivity index (χ2n) is 7.13. The van der Waals surface area contributed by atoms with Crippen LogP contribution in [0.25, 0.3) is 5.52 Å². The topological polar surface area (TPSA) is 80.4 Å². The Morgan fingerprint density at radius 1 is 1.21 bits per heavy atom. The monoisotopic (exact) mass is 433 g/mol. The van der Waals surface area contributed by atoms with Gasteiger partial charge in [0.2, 0.25) is 0 Å². The molecule has 0 aliphatic carbocycles. The molecule has 0 spiro atoms. The Morgan fingerprint density at radius 3 is 2.79 bits per heavy atom. The summed E-state index contributed by atoms with van der Waals surface area (Å²) >= 11 is 0. The molecule has 0 unspecified atom stereocenters. The van der Waals surface area contributed by atoms with Crippen molar-refractivity contribution < 1.29 is 4.79 Å². The van der Waals surface area contributed by atoms with Gasteiger partial charge in [0.1, 0.15) is 5.69 Å². The first-order valence-corrected chi connectivity index (χ1v) is 11.9. The minimum absolute atomic E-state index is 0.160. The predicted octanol–water partition coefficient (Wildman–Crippen LogP) is 2.42. The molecule has 0 fully saturated rings. The Kier molecular flexibility index (Phi) is 7.57. The van der Waals surface area contributed by atoms with E-state index in [-0.39, 0.29) is 5.91 Å². The van der Waals surface area contributed by atoms with Gasteiger partial charge in [-0.15, -0.1) is 5.10 Å². The van der Waals surface area contributed by atoms with Crippen LogP contribution in [0.5, 0.6) is 0 Å². The summed E-state index contributed by atoms with van der Waals surface area (Å²) in [4.78, 5) is 14.8. The average Bonchev–Trinajstić information content (AvgIpc) is 3.29. The fraction of sp³-hybridized carbons (Fsp3) is 0.474. The highest BCUT2D eigenvalue weighted by atomic mass is 33.1. The van der Waals surface area contributed by atoms with Crippen LogP contribution in [0.3, 0.4) is 0 Å². The molecule has 1 amide bonds. The molecule has 3 heterocycles. The number of nitrogens with zero attached hydrogens (tertiary/aromatic N) is 6. The number of aryl methyl sites for hydroxylation is 3. The number of pyridine rings is 1. The maximum atomic E-state index is 12.6. The molecule has 0 atom stereocenters. The smallest absolute Gasteiger partial charge is 0.255 e. The zero-order valence-corrected chi connectivity index (χ0v) is 18.9. The van der Waals surface area contributed by atoms with Crippen molar-refractivity contribution in [3.63, 3.8) is 0 Å². The van der Waals surface area contributed by atoms with E-state index in [1.165, 1.54) is 0 Å². The number of hydrogen-bond acceptors (Lipinski definition) is 7. The molecule has 3 aromatic rings. The lowest BCUT2D eigenvalue weighted by Crippen LogP contribution is -2.22. The number of carbonyl (C=O) groups excluding carboxylic acids is 1. The highest BCUT2D eigenvalue weighted by Crippen LogP contribution is 2.20. The van der Waals surface area contributed by atoms with Crippen LogP contribution >= 0.6 is 21.6 Å². The lowest BCUT2D eigenvalue weighted by molar-refractivity contribution is 0.0952. The van der Waals surface area contributed by atoms with Gasteiger partial charge >= 0.3 is 0 Å². The average molecular weight is 434 g/mol. The fourth-order valence-electron chi connectivity index (χ4n) is 2.86. The fourth-order valence-corrected chi connectivity index (χ4v) is 4.96. The molecule has 8 nitrogen and oxygen atoms in total. The Bertz CT molecular complexity index is 967. The number of aromatic nitrogens is 5. The summed E-state index contributed by atoms with van der Waals surface area (Å²) in [6, 6.07) is 4.01. The minimum Gasteiger partial charge on any atom is -0.346 e. The maximum Gasteiger partial charge on any atom is 0.255 e. The van der Waals surface area contributed by atoms with Crippen molar-refractivity contribution in [1.29, 1.82) is 0 Å². The van der Waals surface area contributed by atoms with E-state index in [1.54, 1.807) is 10.7 Å². The van der Waals surface area contributed by atoms with Crippen LogP contribution < -0.4 is 5.32 Å². The summed E-state index contributed by atoms with van der Waals surface area (Å²) in [6.07, 6.45) is 3.49. The molecular formula is C19H27N7OS2. The summed E-state index contributed by atoms with van der Waals surface area (Å²) in [7, 11) is 7.88. The summed E-state index contributed by atoms with van der Waals surface area (Å²) in [5.74, 6) is 1.91. The first kappa shape index (κ1) is 21.7. The number of carbonyl (C=O) groups is 1. The second kappa shape index (κ2) is 10.1. The van der Waals surface area contributed by atoms with Crippen LogP contribution in [0.2, 0.25) is 0 Å². The van der Waals surface area contributed by atoms with Gasteiger partial charge in [0.05, 0.1) is 36.6 Å². The lowest BCUT2D eigenvalue weighted by Gasteiger charge is -2.07. The standard InChI is InChI=1S/C19H27N7OS2/c1-14-9-15(2)26-18(10-14)17(12-21-26)19(27)20-11-16-13-25(23-22-16)6-8-29-28-7-5-24(3)4/h9-10,12-13H,5-8,11H2,1-4H3,(H,20,27). The molecule has 0 saturated carbocycles. The number of fused-ring (bicyclic) bond motifs is 1. The van der Waals surface area contributed by atoms with Crippen LogP contribution in [0, 0.1) is 13.8 Å². The molecule has 1 N–H and O–H groups in total. The van der Waals surface area contributed by atoms with Crippen molar-refractivity contribution in [2.45, 2.75) is 26.9 Å². The molecule has 0 aliphatic heterocycles. The lowest BCUT2D eigenvalue weighted by atomic mass is 10.2. The first-order valence-electron chi connectivity index (χ1n) is 9.45. The van der Waals surface area contributed by atoms with E-state index in [4.69, 9.17) is 0 Å². The second-order valence-corrected chi connectivity index (χ2v) is 9.83. The van der Waals surface area contributed by atoms with Gasteiger partial charge in [-0.05, 0) is 45.6 Å². The zero-order valence-electron chi connectivity index (χ0n) is 17.3. The molecule has 0 aromatic carbocycles. The van der Waals surface area contributed by atoms with Gasteiger partial charge in [0.15, 0.2) is 0 Å². The van der Waals surface area contributed by atoms with Gasteiger partial charge in [0, 0.05) is 23.7 Å². The minimum atomic E-state index is -0.160. The van der Waals surface area contributed by atoms with Gasteiger partial charge in [-0.1, -0.05) is 26.8 Å². The summed E-state index contributed by atoms with van der Waals surface area (Å²) < 4.78 is 3.61. The largest absolute Gasteiger partial charge is 0.346 e. The molecule has 156 valence electrons. The zero-order chi connectivity index (χ0) is 20.8. The van der Waals surface area contributed by atoms with Crippen molar-refractivity contribution in [3.05, 3.63) is 47.0 Å². The van der Waals surface area contributed by atoms with Crippen LogP contribution in [0.4, 0.5) is 0 Å². The van der Waals surface area contributed by atoms with Crippen molar-refractivity contribution in [2.24, 2.45) is 0 Å². The SMILES string of the molecule is Cc1cc(C)n2ncc(C(=O)NCc3cn(CCSSCCN(C)C)nn3)c2c1. The Balaban J connectivity index is 1.48. The van der Waals surface area contributed by atoms with Gasteiger partial charge in [-0.2, -0.15) is 5.10 Å². The van der Waals surface area contributed by atoms with Crippen molar-refractivity contribution in [2.75, 3.05) is 32.1 Å². The quantitative estimate of drug-likeness (QED) is 0.388. The number of rotatable bonds is 10. The van der Waals surface area contributed by atoms with E-state index >= 15 is 0 Å². The van der Waals surface area contributed by atoms with E-state index in [0.717, 1.165) is 47.1 Å². The number of nitrogens with one attached hydrogen (secondary N) is 1. The molecule has 10 heteroatoms. The highest BCUT2D eigenvalue weighted by molar-refractivity contribution is 8.76. The molecule has 0 radical (unpaired) electrons. The third kappa shape index (κ3) is 5.97. The Morgan fingerprint density at radius 2 is 2.00 bits per heavy atom. The summed E-state index contributed by atoms with van der Waals surface area (Å²) in [5.41, 5.74) is 4.22. The van der Waals surface area contributed by atoms with Crippen molar-refractivity contribution >= 4 is 33.0 Å². The van der Waals surface area contributed by atoms with Crippen LogP contribution in [-0.4, -0.2) is 67.6 Å². The Labute approximate surface area is 178 Å². The highest BCUT2D eigenvalue weighted by Gasteiger charge is 2.14. The van der Waals surface area contributed by atoms with Crippen LogP contribution in [0.1, 0.15) is 27.3 Å². The van der Waals surface area contributed by atoms with Gasteiger partial charge in [-0.25, -0.2) is 4.52 Å². The third-order valence-electron chi connectivity index (χ3n) is 4.31. The van der Waals surface area contributed by atoms with Gasteiger partial charge in [0.25, 0.3) is 5.91 Å². The first-order chi connectivity index (χ1) is 13.9. The normalized spacial score (nSPS) is 11.5. The van der Waals surface area contributed by atoms with Crippen molar-refractivity contribution in [1.82, 2.24) is 34.8 Å². The van der Waals surface area contributed by atoms with E-state index < -0.39 is 0 Å². The van der Waals surface area contributed by atoms with Gasteiger partial charge in [-0.3, -0.25) is 9.48 Å². The van der Waals surface area contributed by atoms with E-state index in [9.17, 15) is 4.79 Å². The molecule has 0 aliphatic rings.